The SMILES string of the molecule is CCC(C)(CNC(=O)COc1ccccc1O)C(=O)O. The van der Waals surface area contributed by atoms with Crippen molar-refractivity contribution in [1.29, 1.82) is 0 Å². The second kappa shape index (κ2) is 6.79. The van der Waals surface area contributed by atoms with Gasteiger partial charge >= 0.3 is 5.97 Å². The van der Waals surface area contributed by atoms with Crippen LogP contribution < -0.4 is 10.1 Å². The molecule has 1 atom stereocenters. The van der Waals surface area contributed by atoms with Gasteiger partial charge in [0.15, 0.2) is 18.1 Å². The Morgan fingerprint density at radius 3 is 2.55 bits per heavy atom. The summed E-state index contributed by atoms with van der Waals surface area (Å²) in [6.07, 6.45) is 0.406. The van der Waals surface area contributed by atoms with Gasteiger partial charge in [0.1, 0.15) is 0 Å². The summed E-state index contributed by atoms with van der Waals surface area (Å²) >= 11 is 0. The Kier molecular flexibility index (Phi) is 5.37. The zero-order valence-electron chi connectivity index (χ0n) is 11.5. The van der Waals surface area contributed by atoms with E-state index in [1.807, 2.05) is 0 Å². The standard InChI is InChI=1S/C14H19NO5/c1-3-14(2,13(18)19)9-15-12(17)8-20-11-7-5-4-6-10(11)16/h4-7,16H,3,8-9H2,1-2H3,(H,15,17)(H,18,19). The van der Waals surface area contributed by atoms with Gasteiger partial charge in [0, 0.05) is 6.54 Å². The minimum atomic E-state index is -0.995. The molecule has 6 nitrogen and oxygen atoms in total. The zero-order chi connectivity index (χ0) is 15.2. The Balaban J connectivity index is 2.45. The monoisotopic (exact) mass is 281 g/mol. The third-order valence-corrected chi connectivity index (χ3v) is 3.20. The predicted molar refractivity (Wildman–Crippen MR) is 72.6 cm³/mol. The van der Waals surface area contributed by atoms with Gasteiger partial charge in [-0.15, -0.1) is 0 Å². The number of nitrogens with one attached hydrogen (secondary N) is 1. The first kappa shape index (κ1) is 15.8. The number of aromatic hydroxyl groups is 1. The molecule has 1 amide bonds. The first-order valence-corrected chi connectivity index (χ1v) is 6.30. The Morgan fingerprint density at radius 2 is 2.00 bits per heavy atom. The lowest BCUT2D eigenvalue weighted by Gasteiger charge is -2.23. The molecule has 0 spiro atoms. The molecule has 0 saturated heterocycles. The molecule has 0 aromatic heterocycles. The Hall–Kier alpha value is -2.24. The number of aliphatic carboxylic acids is 1. The van der Waals surface area contributed by atoms with Crippen LogP contribution in [0, 0.1) is 5.41 Å². The molecule has 0 heterocycles. The smallest absolute Gasteiger partial charge is 0.311 e. The van der Waals surface area contributed by atoms with Crippen molar-refractivity contribution in [3.8, 4) is 11.5 Å². The highest BCUT2D eigenvalue weighted by molar-refractivity contribution is 5.79. The number of hydrogen-bond acceptors (Lipinski definition) is 4. The molecule has 0 aliphatic heterocycles. The van der Waals surface area contributed by atoms with Crippen LogP contribution in [0.5, 0.6) is 11.5 Å². The van der Waals surface area contributed by atoms with Gasteiger partial charge in [-0.3, -0.25) is 9.59 Å². The Morgan fingerprint density at radius 1 is 1.35 bits per heavy atom. The van der Waals surface area contributed by atoms with Crippen molar-refractivity contribution in [2.45, 2.75) is 20.3 Å². The van der Waals surface area contributed by atoms with Gasteiger partial charge in [-0.2, -0.15) is 0 Å². The first-order valence-electron chi connectivity index (χ1n) is 6.30. The fourth-order valence-corrected chi connectivity index (χ4v) is 1.42. The second-order valence-corrected chi connectivity index (χ2v) is 4.75. The van der Waals surface area contributed by atoms with Crippen molar-refractivity contribution < 1.29 is 24.5 Å². The molecule has 0 fully saturated rings. The van der Waals surface area contributed by atoms with Gasteiger partial charge in [-0.25, -0.2) is 0 Å². The number of para-hydroxylation sites is 2. The molecular formula is C14H19NO5. The van der Waals surface area contributed by atoms with E-state index >= 15 is 0 Å². The van der Waals surface area contributed by atoms with Gasteiger partial charge in [0.05, 0.1) is 5.41 Å². The lowest BCUT2D eigenvalue weighted by molar-refractivity contribution is -0.148. The minimum Gasteiger partial charge on any atom is -0.504 e. The summed E-state index contributed by atoms with van der Waals surface area (Å²) in [6, 6.07) is 6.30. The number of benzene rings is 1. The summed E-state index contributed by atoms with van der Waals surface area (Å²) in [7, 11) is 0. The summed E-state index contributed by atoms with van der Waals surface area (Å²) in [5, 5.41) is 21.1. The van der Waals surface area contributed by atoms with E-state index in [0.717, 1.165) is 0 Å². The average molecular weight is 281 g/mol. The quantitative estimate of drug-likeness (QED) is 0.702. The van der Waals surface area contributed by atoms with E-state index < -0.39 is 17.3 Å². The highest BCUT2D eigenvalue weighted by Gasteiger charge is 2.31. The normalized spacial score (nSPS) is 13.3. The van der Waals surface area contributed by atoms with E-state index in [2.05, 4.69) is 5.32 Å². The van der Waals surface area contributed by atoms with Gasteiger partial charge < -0.3 is 20.3 Å². The van der Waals surface area contributed by atoms with Crippen LogP contribution in [0.1, 0.15) is 20.3 Å². The van der Waals surface area contributed by atoms with Crippen LogP contribution >= 0.6 is 0 Å². The van der Waals surface area contributed by atoms with Crippen LogP contribution in [0.3, 0.4) is 0 Å². The van der Waals surface area contributed by atoms with Crippen LogP contribution in [-0.2, 0) is 9.59 Å². The molecule has 0 aliphatic rings. The molecule has 0 saturated carbocycles. The summed E-state index contributed by atoms with van der Waals surface area (Å²) in [5.74, 6) is -1.24. The zero-order valence-corrected chi connectivity index (χ0v) is 11.5. The van der Waals surface area contributed by atoms with Crippen molar-refractivity contribution in [3.63, 3.8) is 0 Å². The van der Waals surface area contributed by atoms with E-state index in [0.29, 0.717) is 6.42 Å². The summed E-state index contributed by atoms with van der Waals surface area (Å²) in [5.41, 5.74) is -0.995. The van der Waals surface area contributed by atoms with E-state index in [4.69, 9.17) is 9.84 Å². The maximum Gasteiger partial charge on any atom is 0.311 e. The summed E-state index contributed by atoms with van der Waals surface area (Å²) in [6.45, 7) is 3.07. The van der Waals surface area contributed by atoms with Gasteiger partial charge in [-0.1, -0.05) is 19.1 Å². The third kappa shape index (κ3) is 4.15. The number of amides is 1. The lowest BCUT2D eigenvalue weighted by Crippen LogP contribution is -2.42. The fourth-order valence-electron chi connectivity index (χ4n) is 1.42. The average Bonchev–Trinajstić information content (AvgIpc) is 2.43. The lowest BCUT2D eigenvalue weighted by atomic mass is 9.88. The molecule has 0 bridgehead atoms. The van der Waals surface area contributed by atoms with Crippen molar-refractivity contribution in [1.82, 2.24) is 5.32 Å². The highest BCUT2D eigenvalue weighted by atomic mass is 16.5. The van der Waals surface area contributed by atoms with Gasteiger partial charge in [0.25, 0.3) is 5.91 Å². The number of phenolic OH excluding ortho intramolecular Hbond substituents is 1. The largest absolute Gasteiger partial charge is 0.504 e. The second-order valence-electron chi connectivity index (χ2n) is 4.75. The molecule has 1 aromatic rings. The number of carboxylic acid groups (broad SMARTS) is 1. The number of phenols is 1. The summed E-state index contributed by atoms with van der Waals surface area (Å²) in [4.78, 5) is 22.7. The van der Waals surface area contributed by atoms with Gasteiger partial charge in [0.2, 0.25) is 0 Å². The van der Waals surface area contributed by atoms with E-state index in [1.165, 1.54) is 12.1 Å². The number of carbonyl (C=O) groups is 2. The first-order chi connectivity index (χ1) is 9.39. The van der Waals surface area contributed by atoms with E-state index in [-0.39, 0.29) is 24.7 Å². The fraction of sp³-hybridized carbons (Fsp3) is 0.429. The van der Waals surface area contributed by atoms with Crippen LogP contribution in [0.15, 0.2) is 24.3 Å². The minimum absolute atomic E-state index is 0.0296. The number of hydrogen-bond donors (Lipinski definition) is 3. The molecule has 1 rings (SSSR count). The number of rotatable bonds is 7. The molecule has 20 heavy (non-hydrogen) atoms. The number of carboxylic acids is 1. The van der Waals surface area contributed by atoms with E-state index in [1.54, 1.807) is 26.0 Å². The molecule has 6 heteroatoms. The molecule has 0 aliphatic carbocycles. The predicted octanol–water partition coefficient (Wildman–Crippen LogP) is 1.39. The van der Waals surface area contributed by atoms with Crippen molar-refractivity contribution >= 4 is 11.9 Å². The van der Waals surface area contributed by atoms with Crippen molar-refractivity contribution in [2.75, 3.05) is 13.2 Å². The molecule has 1 unspecified atom stereocenters. The van der Waals surface area contributed by atoms with Crippen LogP contribution in [-0.4, -0.2) is 35.2 Å². The van der Waals surface area contributed by atoms with Crippen LogP contribution in [0.25, 0.3) is 0 Å². The number of ether oxygens (including phenoxy) is 1. The van der Waals surface area contributed by atoms with Crippen LogP contribution in [0.2, 0.25) is 0 Å². The molecule has 3 N–H and O–H groups in total. The maximum atomic E-state index is 11.6. The van der Waals surface area contributed by atoms with Gasteiger partial charge in [-0.05, 0) is 25.5 Å². The highest BCUT2D eigenvalue weighted by Crippen LogP contribution is 2.24. The maximum absolute atomic E-state index is 11.6. The van der Waals surface area contributed by atoms with E-state index in [9.17, 15) is 14.7 Å². The molecule has 0 radical (unpaired) electrons. The van der Waals surface area contributed by atoms with Crippen molar-refractivity contribution in [3.05, 3.63) is 24.3 Å². The molecule has 1 aromatic carbocycles. The topological polar surface area (TPSA) is 95.9 Å². The Labute approximate surface area is 117 Å². The van der Waals surface area contributed by atoms with Crippen LogP contribution in [0.4, 0.5) is 0 Å². The molecular weight excluding hydrogens is 262 g/mol. The number of carbonyl (C=O) groups excluding carboxylic acids is 1. The Bertz CT molecular complexity index is 488. The third-order valence-electron chi connectivity index (χ3n) is 3.20. The molecule has 110 valence electrons. The summed E-state index contributed by atoms with van der Waals surface area (Å²) < 4.78 is 5.15. The van der Waals surface area contributed by atoms with Crippen molar-refractivity contribution in [2.24, 2.45) is 5.41 Å².